The molecule has 0 aliphatic carbocycles. The molecule has 1 amide bonds. The second kappa shape index (κ2) is 11.0. The Morgan fingerprint density at radius 3 is 2.24 bits per heavy atom. The van der Waals surface area contributed by atoms with Gasteiger partial charge in [0.1, 0.15) is 0 Å². The number of nitrogens with one attached hydrogen (secondary N) is 1. The molecule has 0 aromatic heterocycles. The molecule has 1 N–H and O–H groups in total. The number of nitroso groups, excluding NO2 is 1. The van der Waals surface area contributed by atoms with Gasteiger partial charge in [0.05, 0.1) is 30.1 Å². The van der Waals surface area contributed by atoms with Gasteiger partial charge in [-0.1, -0.05) is 18.2 Å². The van der Waals surface area contributed by atoms with Crippen LogP contribution in [0, 0.1) is 4.91 Å². The van der Waals surface area contributed by atoms with Crippen molar-refractivity contribution >= 4 is 37.7 Å². The molecule has 0 fully saturated rings. The van der Waals surface area contributed by atoms with Gasteiger partial charge in [-0.25, -0.2) is 0 Å². The van der Waals surface area contributed by atoms with Crippen LogP contribution < -0.4 is 5.32 Å². The van der Waals surface area contributed by atoms with Gasteiger partial charge in [-0.3, -0.25) is 9.36 Å². The van der Waals surface area contributed by atoms with Crippen molar-refractivity contribution in [1.82, 2.24) is 5.32 Å². The average Bonchev–Trinajstić information content (AvgIpc) is 2.72. The monoisotopic (exact) mass is 436 g/mol. The normalized spacial score (nSPS) is 15.4. The van der Waals surface area contributed by atoms with Crippen LogP contribution in [0.4, 0.5) is 11.4 Å². The van der Waals surface area contributed by atoms with Crippen molar-refractivity contribution in [3.05, 3.63) is 65.1 Å². The molecule has 3 unspecified atom stereocenters. The van der Waals surface area contributed by atoms with E-state index in [-0.39, 0.29) is 6.61 Å². The maximum Gasteiger partial charge on any atom is 0.349 e. The molecule has 154 valence electrons. The van der Waals surface area contributed by atoms with E-state index in [4.69, 9.17) is 8.71 Å². The highest BCUT2D eigenvalue weighted by Gasteiger charge is 2.28. The van der Waals surface area contributed by atoms with Gasteiger partial charge in [0.15, 0.2) is 0 Å². The topological polar surface area (TPSA) is 119 Å². The highest BCUT2D eigenvalue weighted by Crippen LogP contribution is 2.45. The summed E-state index contributed by atoms with van der Waals surface area (Å²) in [5.41, 5.74) is 1.67. The molecule has 0 radical (unpaired) electrons. The number of hydrogen-bond donors (Lipinski definition) is 2. The summed E-state index contributed by atoms with van der Waals surface area (Å²) in [6.45, 7) is 2.62. The molecule has 11 heteroatoms. The third-order valence-corrected chi connectivity index (χ3v) is 4.98. The Hall–Kier alpha value is -2.39. The van der Waals surface area contributed by atoms with Crippen LogP contribution in [0.3, 0.4) is 0 Å². The first-order chi connectivity index (χ1) is 13.8. The largest absolute Gasteiger partial charge is 0.349 e. The predicted molar refractivity (Wildman–Crippen MR) is 113 cm³/mol. The summed E-state index contributed by atoms with van der Waals surface area (Å²) in [5.74, 6) is -0.410. The number of hydrogen-bond acceptors (Lipinski definition) is 8. The van der Waals surface area contributed by atoms with E-state index in [0.717, 1.165) is 12.4 Å². The molecule has 0 saturated heterocycles. The zero-order valence-corrected chi connectivity index (χ0v) is 17.6. The van der Waals surface area contributed by atoms with Crippen LogP contribution >= 0.6 is 20.4 Å². The quantitative estimate of drug-likeness (QED) is 0.177. The highest BCUT2D eigenvalue weighted by molar-refractivity contribution is 7.75. The minimum atomic E-state index is -3.65. The van der Waals surface area contributed by atoms with Gasteiger partial charge in [0.2, 0.25) is 0 Å². The number of nitrogens with zero attached hydrogens (tertiary/aromatic N) is 3. The van der Waals surface area contributed by atoms with Crippen molar-refractivity contribution in [2.75, 3.05) is 13.3 Å². The van der Waals surface area contributed by atoms with Gasteiger partial charge in [0.25, 0.3) is 5.91 Å². The first-order valence-electron chi connectivity index (χ1n) is 8.59. The number of carbonyl (C=O) groups is 1. The molecule has 2 aromatic carbocycles. The fourth-order valence-electron chi connectivity index (χ4n) is 2.32. The summed E-state index contributed by atoms with van der Waals surface area (Å²) in [6.07, 6.45) is -0.793. The molecule has 9 nitrogen and oxygen atoms in total. The van der Waals surface area contributed by atoms with E-state index < -0.39 is 25.6 Å². The lowest BCUT2D eigenvalue weighted by atomic mass is 10.1. The number of benzene rings is 2. The number of azo groups is 1. The lowest BCUT2D eigenvalue weighted by Crippen LogP contribution is -2.45. The molecule has 2 aromatic rings. The van der Waals surface area contributed by atoms with Gasteiger partial charge in [-0.15, -0.1) is 4.91 Å². The van der Waals surface area contributed by atoms with Crippen molar-refractivity contribution < 1.29 is 18.1 Å². The predicted octanol–water partition coefficient (Wildman–Crippen LogP) is 5.06. The number of amides is 1. The fourth-order valence-corrected chi connectivity index (χ4v) is 3.28. The van der Waals surface area contributed by atoms with Crippen LogP contribution in [0.25, 0.3) is 0 Å². The van der Waals surface area contributed by atoms with Gasteiger partial charge in [-0.2, -0.15) is 10.2 Å². The minimum Gasteiger partial charge on any atom is -0.344 e. The van der Waals surface area contributed by atoms with E-state index in [1.54, 1.807) is 31.2 Å². The molecule has 0 aliphatic rings. The molecule has 0 bridgehead atoms. The molecule has 0 spiro atoms. The van der Waals surface area contributed by atoms with Crippen molar-refractivity contribution in [2.45, 2.75) is 19.1 Å². The first-order valence-corrected chi connectivity index (χ1v) is 11.0. The van der Waals surface area contributed by atoms with Gasteiger partial charge in [0, 0.05) is 17.2 Å². The van der Waals surface area contributed by atoms with Crippen LogP contribution in [0.5, 0.6) is 0 Å². The molecular weight excluding hydrogens is 415 g/mol. The highest BCUT2D eigenvalue weighted by atomic mass is 32.1. The number of carbonyl (C=O) groups excluding carboxylic acids is 1. The summed E-state index contributed by atoms with van der Waals surface area (Å²) < 4.78 is 21.7. The second-order valence-electron chi connectivity index (χ2n) is 6.15. The Morgan fingerprint density at radius 2 is 1.69 bits per heavy atom. The lowest BCUT2D eigenvalue weighted by Gasteiger charge is -2.24. The number of rotatable bonds is 10. The van der Waals surface area contributed by atoms with Crippen molar-refractivity contribution in [3.63, 3.8) is 0 Å². The number of thiol groups is 1. The fraction of sp³-hybridized carbons (Fsp3) is 0.278. The van der Waals surface area contributed by atoms with Crippen LogP contribution in [0.1, 0.15) is 17.3 Å². The third kappa shape index (κ3) is 7.51. The second-order valence-corrected chi connectivity index (χ2v) is 8.39. The molecule has 0 heterocycles. The average molecular weight is 436 g/mol. The Kier molecular flexibility index (Phi) is 8.66. The van der Waals surface area contributed by atoms with Crippen LogP contribution in [0.2, 0.25) is 0 Å². The summed E-state index contributed by atoms with van der Waals surface area (Å²) in [6, 6.07) is 15.1. The summed E-state index contributed by atoms with van der Waals surface area (Å²) in [7, 11) is -3.65. The van der Waals surface area contributed by atoms with Crippen molar-refractivity contribution in [2.24, 2.45) is 15.2 Å². The molecule has 3 atom stereocenters. The smallest absolute Gasteiger partial charge is 0.344 e. The maximum atomic E-state index is 12.5. The minimum absolute atomic E-state index is 0.0295. The van der Waals surface area contributed by atoms with Crippen LogP contribution in [0.15, 0.2) is 69.8 Å². The summed E-state index contributed by atoms with van der Waals surface area (Å²) in [4.78, 5) is 25.6. The molecular formula is C18H21N4O5PS. The van der Waals surface area contributed by atoms with E-state index in [9.17, 15) is 14.3 Å². The summed E-state index contributed by atoms with van der Waals surface area (Å²) >= 11 is 3.68. The van der Waals surface area contributed by atoms with E-state index in [0.29, 0.717) is 11.3 Å². The van der Waals surface area contributed by atoms with Gasteiger partial charge < -0.3 is 14.0 Å². The Balaban J connectivity index is 2.03. The van der Waals surface area contributed by atoms with Crippen molar-refractivity contribution in [1.29, 1.82) is 0 Å². The van der Waals surface area contributed by atoms with Crippen molar-refractivity contribution in [3.8, 4) is 0 Å². The van der Waals surface area contributed by atoms with E-state index in [1.165, 1.54) is 0 Å². The molecule has 0 saturated carbocycles. The van der Waals surface area contributed by atoms with Gasteiger partial charge >= 0.3 is 7.52 Å². The van der Waals surface area contributed by atoms with E-state index in [2.05, 4.69) is 33.4 Å². The standard InChI is InChI=1S/C18H21N4O5PS/c1-13(27-28(2,25)22-24)17(12-26-29)19-18(23)14-8-10-16(11-9-14)21-20-15-6-4-3-5-7-15/h3-11,13,17,29H,12H2,1-2H3,(H,19,23). The Labute approximate surface area is 174 Å². The molecule has 2 rings (SSSR count). The van der Waals surface area contributed by atoms with Crippen LogP contribution in [-0.2, 0) is 13.3 Å². The maximum absolute atomic E-state index is 12.5. The zero-order chi connectivity index (χ0) is 21.3. The summed E-state index contributed by atoms with van der Waals surface area (Å²) in [5, 5.41) is 10.9. The van der Waals surface area contributed by atoms with E-state index >= 15 is 0 Å². The van der Waals surface area contributed by atoms with Crippen LogP contribution in [-0.4, -0.2) is 31.3 Å². The molecule has 29 heavy (non-hydrogen) atoms. The lowest BCUT2D eigenvalue weighted by molar-refractivity contribution is 0.0846. The first kappa shape index (κ1) is 22.9. The van der Waals surface area contributed by atoms with Gasteiger partial charge in [-0.05, 0) is 56.2 Å². The van der Waals surface area contributed by atoms with E-state index in [1.807, 2.05) is 30.3 Å². The Morgan fingerprint density at radius 1 is 1.10 bits per heavy atom. The zero-order valence-electron chi connectivity index (χ0n) is 15.8. The molecule has 0 aliphatic heterocycles. The SMILES string of the molecule is CC(OP(C)(=O)N=O)C(COS)NC(=O)c1ccc(N=Nc2ccccc2)cc1. The Bertz CT molecular complexity index is 895. The third-order valence-electron chi connectivity index (χ3n) is 3.81.